The van der Waals surface area contributed by atoms with E-state index in [1.54, 1.807) is 0 Å². The summed E-state index contributed by atoms with van der Waals surface area (Å²) in [6, 6.07) is 23.2. The van der Waals surface area contributed by atoms with Gasteiger partial charge in [-0.1, -0.05) is 66.2 Å². The Balaban J connectivity index is 2.60. The first-order valence-corrected chi connectivity index (χ1v) is 7.63. The van der Waals surface area contributed by atoms with E-state index >= 15 is 0 Å². The minimum atomic E-state index is -0.209. The molecule has 0 unspecified atom stereocenters. The van der Waals surface area contributed by atoms with Crippen molar-refractivity contribution in [3.05, 3.63) is 100 Å². The van der Waals surface area contributed by atoms with Crippen LogP contribution in [0.4, 0.5) is 0 Å². The standard InChI is InChI=1S/C21H21NO/c1-16-13-14-17(2)19(15-16)21(23)22-20-12-10-8-6-4-5-7-9-11-18(20)3/h4-15H,1-3H3. The lowest BCUT2D eigenvalue weighted by atomic mass is 10.1. The van der Waals surface area contributed by atoms with Crippen LogP contribution in [-0.2, 0) is 0 Å². The van der Waals surface area contributed by atoms with Crippen LogP contribution in [0.5, 0.6) is 0 Å². The van der Waals surface area contributed by atoms with Gasteiger partial charge >= 0.3 is 0 Å². The zero-order valence-electron chi connectivity index (χ0n) is 13.8. The molecule has 0 aliphatic carbocycles. The van der Waals surface area contributed by atoms with Gasteiger partial charge in [-0.3, -0.25) is 4.79 Å². The van der Waals surface area contributed by atoms with Gasteiger partial charge < -0.3 is 0 Å². The number of hydrogen-bond donors (Lipinski definition) is 0. The fourth-order valence-electron chi connectivity index (χ4n) is 2.15. The van der Waals surface area contributed by atoms with Crippen molar-refractivity contribution in [2.24, 2.45) is 4.99 Å². The molecule has 0 saturated heterocycles. The molecule has 2 nitrogen and oxygen atoms in total. The minimum Gasteiger partial charge on any atom is -0.267 e. The summed E-state index contributed by atoms with van der Waals surface area (Å²) in [5, 5.41) is 0.673. The van der Waals surface area contributed by atoms with E-state index in [1.165, 1.54) is 0 Å². The number of amides is 1. The first-order valence-electron chi connectivity index (χ1n) is 7.63. The average molecular weight is 303 g/mol. The first-order chi connectivity index (χ1) is 11.1. The average Bonchev–Trinajstić information content (AvgIpc) is 2.57. The Morgan fingerprint density at radius 3 is 2.04 bits per heavy atom. The zero-order valence-corrected chi connectivity index (χ0v) is 13.8. The van der Waals surface area contributed by atoms with Crippen molar-refractivity contribution in [2.75, 3.05) is 0 Å². The molecule has 2 heteroatoms. The third-order valence-corrected chi connectivity index (χ3v) is 3.52. The molecule has 0 spiro atoms. The van der Waals surface area contributed by atoms with Gasteiger partial charge in [-0.2, -0.15) is 0 Å². The van der Waals surface area contributed by atoms with Gasteiger partial charge in [-0.15, -0.1) is 0 Å². The smallest absolute Gasteiger partial charge is 0.267 e. The van der Waals surface area contributed by atoms with E-state index in [2.05, 4.69) is 4.99 Å². The van der Waals surface area contributed by atoms with Crippen LogP contribution in [0.2, 0.25) is 0 Å². The van der Waals surface area contributed by atoms with Crippen LogP contribution in [0.15, 0.2) is 77.8 Å². The normalized spacial score (nSPS) is 10.8. The molecule has 0 heterocycles. The largest absolute Gasteiger partial charge is 0.277 e. The molecule has 0 aromatic heterocycles. The highest BCUT2D eigenvalue weighted by Gasteiger charge is 2.07. The van der Waals surface area contributed by atoms with Crippen LogP contribution in [0, 0.1) is 20.8 Å². The van der Waals surface area contributed by atoms with Gasteiger partial charge in [-0.25, -0.2) is 4.99 Å². The lowest BCUT2D eigenvalue weighted by molar-refractivity contribution is 0.0997. The SMILES string of the molecule is Cc1ccc(C)c(C(=O)N=c2cccccccccc2C)c1. The van der Waals surface area contributed by atoms with Crippen molar-refractivity contribution >= 4 is 5.91 Å². The fraction of sp³-hybridized carbons (Fsp3) is 0.143. The van der Waals surface area contributed by atoms with Crippen molar-refractivity contribution in [2.45, 2.75) is 20.8 Å². The predicted molar refractivity (Wildman–Crippen MR) is 94.6 cm³/mol. The van der Waals surface area contributed by atoms with E-state index in [9.17, 15) is 4.79 Å². The highest BCUT2D eigenvalue weighted by Crippen LogP contribution is 2.11. The van der Waals surface area contributed by atoms with E-state index in [1.807, 2.05) is 93.6 Å². The monoisotopic (exact) mass is 303 g/mol. The van der Waals surface area contributed by atoms with Crippen LogP contribution in [0.25, 0.3) is 0 Å². The molecule has 0 saturated carbocycles. The summed E-state index contributed by atoms with van der Waals surface area (Å²) in [5.74, 6) is -0.209. The van der Waals surface area contributed by atoms with Gasteiger partial charge in [0.2, 0.25) is 0 Å². The molecule has 0 N–H and O–H groups in total. The Morgan fingerprint density at radius 1 is 0.739 bits per heavy atom. The van der Waals surface area contributed by atoms with E-state index in [-0.39, 0.29) is 5.91 Å². The van der Waals surface area contributed by atoms with E-state index in [4.69, 9.17) is 0 Å². The molecule has 2 aromatic carbocycles. The Morgan fingerprint density at radius 2 is 1.35 bits per heavy atom. The van der Waals surface area contributed by atoms with Gasteiger partial charge in [-0.05, 0) is 44.0 Å². The molecule has 1 amide bonds. The lowest BCUT2D eigenvalue weighted by Crippen LogP contribution is -2.09. The maximum absolute atomic E-state index is 12.6. The van der Waals surface area contributed by atoms with Crippen molar-refractivity contribution in [1.29, 1.82) is 0 Å². The van der Waals surface area contributed by atoms with Crippen molar-refractivity contribution in [3.63, 3.8) is 0 Å². The van der Waals surface area contributed by atoms with Crippen molar-refractivity contribution in [1.82, 2.24) is 0 Å². The van der Waals surface area contributed by atoms with Crippen LogP contribution < -0.4 is 5.36 Å². The van der Waals surface area contributed by atoms with Gasteiger partial charge in [0.05, 0.1) is 5.36 Å². The second kappa shape index (κ2) is 8.04. The quantitative estimate of drug-likeness (QED) is 0.764. The topological polar surface area (TPSA) is 29.4 Å². The summed E-state index contributed by atoms with van der Waals surface area (Å²) >= 11 is 0. The molecule has 2 rings (SSSR count). The summed E-state index contributed by atoms with van der Waals surface area (Å²) in [6.45, 7) is 5.86. The van der Waals surface area contributed by atoms with Gasteiger partial charge in [0.1, 0.15) is 0 Å². The molecule has 0 aliphatic rings. The highest BCUT2D eigenvalue weighted by molar-refractivity contribution is 5.96. The Labute approximate surface area is 137 Å². The molecular formula is C21H21NO. The number of aryl methyl sites for hydroxylation is 3. The number of hydrogen-bond acceptors (Lipinski definition) is 1. The molecule has 0 atom stereocenters. The Hall–Kier alpha value is -2.74. The molecule has 23 heavy (non-hydrogen) atoms. The summed E-state index contributed by atoms with van der Waals surface area (Å²) in [7, 11) is 0. The third kappa shape index (κ3) is 4.89. The second-order valence-corrected chi connectivity index (χ2v) is 5.48. The Kier molecular flexibility index (Phi) is 5.81. The molecule has 116 valence electrons. The lowest BCUT2D eigenvalue weighted by Gasteiger charge is -2.02. The zero-order chi connectivity index (χ0) is 16.7. The van der Waals surface area contributed by atoms with E-state index in [0.717, 1.165) is 16.7 Å². The van der Waals surface area contributed by atoms with Crippen LogP contribution in [0.1, 0.15) is 27.0 Å². The summed E-state index contributed by atoms with van der Waals surface area (Å²) in [4.78, 5) is 16.9. The van der Waals surface area contributed by atoms with Gasteiger partial charge in [0.15, 0.2) is 0 Å². The number of nitrogens with zero attached hydrogens (tertiary/aromatic N) is 1. The molecule has 0 fully saturated rings. The molecule has 0 aliphatic heterocycles. The van der Waals surface area contributed by atoms with Gasteiger partial charge in [0.25, 0.3) is 5.91 Å². The maximum Gasteiger partial charge on any atom is 0.277 e. The third-order valence-electron chi connectivity index (χ3n) is 3.52. The van der Waals surface area contributed by atoms with Crippen LogP contribution >= 0.6 is 0 Å². The molecule has 2 aromatic rings. The minimum absolute atomic E-state index is 0.209. The van der Waals surface area contributed by atoms with Gasteiger partial charge in [0, 0.05) is 5.56 Å². The Bertz CT molecular complexity index is 836. The summed E-state index contributed by atoms with van der Waals surface area (Å²) in [6.07, 6.45) is 0. The maximum atomic E-state index is 12.6. The van der Waals surface area contributed by atoms with Crippen LogP contribution in [-0.4, -0.2) is 5.91 Å². The second-order valence-electron chi connectivity index (χ2n) is 5.48. The number of carbonyl (C=O) groups is 1. The van der Waals surface area contributed by atoms with E-state index < -0.39 is 0 Å². The fourth-order valence-corrected chi connectivity index (χ4v) is 2.15. The first kappa shape index (κ1) is 16.6. The highest BCUT2D eigenvalue weighted by atomic mass is 16.1. The number of benzene rings is 1. The molecule has 0 radical (unpaired) electrons. The van der Waals surface area contributed by atoms with Crippen molar-refractivity contribution in [3.8, 4) is 0 Å². The molecular weight excluding hydrogens is 282 g/mol. The van der Waals surface area contributed by atoms with Crippen LogP contribution in [0.3, 0.4) is 0 Å². The molecule has 0 bridgehead atoms. The van der Waals surface area contributed by atoms with E-state index in [0.29, 0.717) is 10.9 Å². The predicted octanol–water partition coefficient (Wildman–Crippen LogP) is 4.48. The summed E-state index contributed by atoms with van der Waals surface area (Å²) in [5.41, 5.74) is 3.60. The number of rotatable bonds is 1. The van der Waals surface area contributed by atoms with Crippen molar-refractivity contribution < 1.29 is 4.79 Å². The number of carbonyl (C=O) groups excluding carboxylic acids is 1. The summed E-state index contributed by atoms with van der Waals surface area (Å²) < 4.78 is 0.